The second kappa shape index (κ2) is 9.88. The standard InChI is InChI=1S/C25H20F5N5O2/c1-3-35-21-11-22(31-2)32-12-14(21)8-16(23(35)36)13-4-6-17(26)19(9-13)33-24(37)34-20-10-15(25(28,29)30)5-7-18(20)27/h4-12H,3H2,1-2H3,(H,31,32)(H2,33,34,37). The number of fused-ring (bicyclic) bond motifs is 1. The lowest BCUT2D eigenvalue weighted by atomic mass is 10.0. The summed E-state index contributed by atoms with van der Waals surface area (Å²) >= 11 is 0. The highest BCUT2D eigenvalue weighted by atomic mass is 19.4. The molecule has 0 unspecified atom stereocenters. The Morgan fingerprint density at radius 1 is 0.973 bits per heavy atom. The van der Waals surface area contributed by atoms with Gasteiger partial charge >= 0.3 is 12.2 Å². The fourth-order valence-corrected chi connectivity index (χ4v) is 3.79. The Kier molecular flexibility index (Phi) is 6.84. The molecule has 0 fully saturated rings. The number of carbonyl (C=O) groups is 1. The number of nitrogens with one attached hydrogen (secondary N) is 3. The van der Waals surface area contributed by atoms with E-state index in [1.54, 1.807) is 32.3 Å². The van der Waals surface area contributed by atoms with E-state index >= 15 is 0 Å². The molecule has 3 N–H and O–H groups in total. The van der Waals surface area contributed by atoms with Gasteiger partial charge in [0.15, 0.2) is 0 Å². The highest BCUT2D eigenvalue weighted by molar-refractivity contribution is 6.00. The molecule has 2 aromatic heterocycles. The molecule has 4 aromatic rings. The highest BCUT2D eigenvalue weighted by Crippen LogP contribution is 2.32. The van der Waals surface area contributed by atoms with Gasteiger partial charge in [0, 0.05) is 36.8 Å². The molecule has 2 aromatic carbocycles. The van der Waals surface area contributed by atoms with Crippen molar-refractivity contribution in [1.82, 2.24) is 9.55 Å². The number of aromatic nitrogens is 2. The van der Waals surface area contributed by atoms with Crippen molar-refractivity contribution in [2.24, 2.45) is 0 Å². The molecular formula is C25H20F5N5O2. The van der Waals surface area contributed by atoms with Gasteiger partial charge in [0.05, 0.1) is 22.5 Å². The van der Waals surface area contributed by atoms with Crippen molar-refractivity contribution < 1.29 is 26.7 Å². The van der Waals surface area contributed by atoms with Crippen LogP contribution in [0.1, 0.15) is 12.5 Å². The summed E-state index contributed by atoms with van der Waals surface area (Å²) in [7, 11) is 1.70. The van der Waals surface area contributed by atoms with Gasteiger partial charge in [-0.3, -0.25) is 4.79 Å². The Labute approximate surface area is 207 Å². The van der Waals surface area contributed by atoms with Gasteiger partial charge in [0.2, 0.25) is 0 Å². The minimum absolute atomic E-state index is 0.209. The van der Waals surface area contributed by atoms with E-state index in [4.69, 9.17) is 0 Å². The lowest BCUT2D eigenvalue weighted by Gasteiger charge is -2.14. The molecule has 0 spiro atoms. The van der Waals surface area contributed by atoms with E-state index in [1.165, 1.54) is 16.7 Å². The van der Waals surface area contributed by atoms with Crippen LogP contribution in [0.25, 0.3) is 22.0 Å². The second-order valence-electron chi connectivity index (χ2n) is 7.95. The number of halogens is 5. The van der Waals surface area contributed by atoms with E-state index in [0.717, 1.165) is 6.07 Å². The number of aryl methyl sites for hydroxylation is 1. The molecule has 0 aliphatic heterocycles. The van der Waals surface area contributed by atoms with Crippen LogP contribution in [0.2, 0.25) is 0 Å². The number of urea groups is 1. The highest BCUT2D eigenvalue weighted by Gasteiger charge is 2.31. The maximum Gasteiger partial charge on any atom is 0.416 e. The molecule has 0 aliphatic carbocycles. The molecule has 0 saturated carbocycles. The summed E-state index contributed by atoms with van der Waals surface area (Å²) in [6.07, 6.45) is -3.17. The number of amides is 2. The Morgan fingerprint density at radius 3 is 2.24 bits per heavy atom. The Balaban J connectivity index is 1.67. The maximum atomic E-state index is 14.5. The third kappa shape index (κ3) is 5.22. The topological polar surface area (TPSA) is 88.1 Å². The number of nitrogens with zero attached hydrogens (tertiary/aromatic N) is 2. The zero-order chi connectivity index (χ0) is 26.9. The van der Waals surface area contributed by atoms with Gasteiger partial charge in [0.1, 0.15) is 17.5 Å². The fraction of sp³-hybridized carbons (Fsp3) is 0.160. The molecule has 37 heavy (non-hydrogen) atoms. The van der Waals surface area contributed by atoms with Crippen molar-refractivity contribution in [2.75, 3.05) is 23.0 Å². The number of benzene rings is 2. The fourth-order valence-electron chi connectivity index (χ4n) is 3.79. The van der Waals surface area contributed by atoms with Crippen molar-refractivity contribution in [3.05, 3.63) is 82.3 Å². The first-order valence-corrected chi connectivity index (χ1v) is 11.0. The van der Waals surface area contributed by atoms with E-state index < -0.39 is 35.1 Å². The van der Waals surface area contributed by atoms with Crippen molar-refractivity contribution in [3.63, 3.8) is 0 Å². The normalized spacial score (nSPS) is 11.4. The third-order valence-electron chi connectivity index (χ3n) is 5.62. The summed E-state index contributed by atoms with van der Waals surface area (Å²) in [5, 5.41) is 7.65. The van der Waals surface area contributed by atoms with Crippen LogP contribution in [-0.2, 0) is 12.7 Å². The molecule has 0 atom stereocenters. The smallest absolute Gasteiger partial charge is 0.373 e. The number of alkyl halides is 3. The van der Waals surface area contributed by atoms with Crippen LogP contribution in [0.15, 0.2) is 59.5 Å². The Hall–Kier alpha value is -4.48. The molecule has 0 bridgehead atoms. The van der Waals surface area contributed by atoms with Gasteiger partial charge in [-0.05, 0) is 48.9 Å². The molecule has 0 saturated heterocycles. The molecule has 192 valence electrons. The van der Waals surface area contributed by atoms with Gasteiger partial charge < -0.3 is 20.5 Å². The predicted octanol–water partition coefficient (Wildman–Crippen LogP) is 6.07. The Morgan fingerprint density at radius 2 is 1.62 bits per heavy atom. The minimum Gasteiger partial charge on any atom is -0.373 e. The number of carbonyl (C=O) groups excluding carboxylic acids is 1. The average molecular weight is 517 g/mol. The van der Waals surface area contributed by atoms with E-state index in [9.17, 15) is 31.5 Å². The Bertz CT molecular complexity index is 1570. The van der Waals surface area contributed by atoms with Crippen molar-refractivity contribution in [3.8, 4) is 11.1 Å². The molecule has 2 amide bonds. The first-order valence-electron chi connectivity index (χ1n) is 11.0. The monoisotopic (exact) mass is 517 g/mol. The van der Waals surface area contributed by atoms with Crippen LogP contribution >= 0.6 is 0 Å². The van der Waals surface area contributed by atoms with E-state index in [1.807, 2.05) is 5.32 Å². The van der Waals surface area contributed by atoms with Crippen LogP contribution in [0.3, 0.4) is 0 Å². The molecule has 2 heterocycles. The SMILES string of the molecule is CCn1c(=O)c(-c2ccc(F)c(NC(=O)Nc3cc(C(F)(F)F)ccc3F)c2)cc2cnc(NC)cc21. The summed E-state index contributed by atoms with van der Waals surface area (Å²) in [6.45, 7) is 2.13. The zero-order valence-corrected chi connectivity index (χ0v) is 19.5. The maximum absolute atomic E-state index is 14.5. The van der Waals surface area contributed by atoms with Crippen LogP contribution in [-0.4, -0.2) is 22.6 Å². The largest absolute Gasteiger partial charge is 0.416 e. The quantitative estimate of drug-likeness (QED) is 0.281. The molecular weight excluding hydrogens is 497 g/mol. The molecule has 4 rings (SSSR count). The van der Waals surface area contributed by atoms with Gasteiger partial charge in [-0.25, -0.2) is 18.6 Å². The third-order valence-corrected chi connectivity index (χ3v) is 5.62. The van der Waals surface area contributed by atoms with Gasteiger partial charge in [-0.15, -0.1) is 0 Å². The van der Waals surface area contributed by atoms with Crippen LogP contribution < -0.4 is 21.5 Å². The number of anilines is 3. The second-order valence-corrected chi connectivity index (χ2v) is 7.95. The van der Waals surface area contributed by atoms with Crippen LogP contribution in [0.4, 0.5) is 43.9 Å². The molecule has 0 aliphatic rings. The van der Waals surface area contributed by atoms with E-state index in [2.05, 4.69) is 15.6 Å². The molecule has 12 heteroatoms. The summed E-state index contributed by atoms with van der Waals surface area (Å²) in [6, 6.07) is 7.23. The van der Waals surface area contributed by atoms with E-state index in [0.29, 0.717) is 41.5 Å². The zero-order valence-electron chi connectivity index (χ0n) is 19.5. The first kappa shape index (κ1) is 25.6. The number of pyridine rings is 2. The number of hydrogen-bond acceptors (Lipinski definition) is 4. The van der Waals surface area contributed by atoms with E-state index in [-0.39, 0.29) is 22.4 Å². The molecule has 0 radical (unpaired) electrons. The predicted molar refractivity (Wildman–Crippen MR) is 131 cm³/mol. The van der Waals surface area contributed by atoms with Crippen molar-refractivity contribution in [1.29, 1.82) is 0 Å². The molecule has 7 nitrogen and oxygen atoms in total. The van der Waals surface area contributed by atoms with Crippen molar-refractivity contribution >= 4 is 34.1 Å². The average Bonchev–Trinajstić information content (AvgIpc) is 2.85. The summed E-state index contributed by atoms with van der Waals surface area (Å²) < 4.78 is 68.8. The summed E-state index contributed by atoms with van der Waals surface area (Å²) in [5.41, 5.74) is -1.52. The minimum atomic E-state index is -4.75. The van der Waals surface area contributed by atoms with Gasteiger partial charge in [-0.1, -0.05) is 6.07 Å². The van der Waals surface area contributed by atoms with Gasteiger partial charge in [-0.2, -0.15) is 13.2 Å². The number of hydrogen-bond donors (Lipinski definition) is 3. The lowest BCUT2D eigenvalue weighted by molar-refractivity contribution is -0.137. The van der Waals surface area contributed by atoms with Crippen LogP contribution in [0, 0.1) is 11.6 Å². The summed E-state index contributed by atoms with van der Waals surface area (Å²) in [5.74, 6) is -1.41. The first-order chi connectivity index (χ1) is 17.5. The van der Waals surface area contributed by atoms with Crippen LogP contribution in [0.5, 0.6) is 0 Å². The summed E-state index contributed by atoms with van der Waals surface area (Å²) in [4.78, 5) is 29.9. The number of rotatable bonds is 5. The van der Waals surface area contributed by atoms with Gasteiger partial charge in [0.25, 0.3) is 5.56 Å². The lowest BCUT2D eigenvalue weighted by Crippen LogP contribution is -2.22. The van der Waals surface area contributed by atoms with Crippen molar-refractivity contribution in [2.45, 2.75) is 19.6 Å².